The summed E-state index contributed by atoms with van der Waals surface area (Å²) in [5.41, 5.74) is 0.715. The molecule has 20 heavy (non-hydrogen) atoms. The minimum absolute atomic E-state index is 0.149. The predicted octanol–water partition coefficient (Wildman–Crippen LogP) is 3.53. The van der Waals surface area contributed by atoms with Crippen LogP contribution in [0.25, 0.3) is 0 Å². The van der Waals surface area contributed by atoms with E-state index in [0.717, 1.165) is 12.2 Å². The molecule has 110 valence electrons. The number of Topliss-reactive ketones (excluding diaryl/α,β-unsaturated/α-hetero) is 1. The molecule has 1 heterocycles. The summed E-state index contributed by atoms with van der Waals surface area (Å²) in [6.45, 7) is 3.76. The smallest absolute Gasteiger partial charge is 0.166 e. The molecule has 0 radical (unpaired) electrons. The third-order valence-corrected chi connectivity index (χ3v) is 4.14. The molecule has 1 fully saturated rings. The zero-order valence-electron chi connectivity index (χ0n) is 12.6. The number of hydrogen-bond acceptors (Lipinski definition) is 3. The molecule has 3 heteroatoms. The van der Waals surface area contributed by atoms with E-state index in [0.29, 0.717) is 24.6 Å². The lowest BCUT2D eigenvalue weighted by Crippen LogP contribution is -2.37. The summed E-state index contributed by atoms with van der Waals surface area (Å²) in [6, 6.07) is 8.19. The second-order valence-corrected chi connectivity index (χ2v) is 5.54. The summed E-state index contributed by atoms with van der Waals surface area (Å²) in [6.07, 6.45) is 5.44. The minimum Gasteiger partial charge on any atom is -0.493 e. The lowest BCUT2D eigenvalue weighted by Gasteiger charge is -2.32. The quantitative estimate of drug-likeness (QED) is 0.744. The maximum Gasteiger partial charge on any atom is 0.166 e. The minimum atomic E-state index is 0.149. The molecule has 0 spiro atoms. The second kappa shape index (κ2) is 7.44. The third kappa shape index (κ3) is 3.83. The molecule has 1 saturated heterocycles. The molecular weight excluding hydrogens is 250 g/mol. The van der Waals surface area contributed by atoms with Crippen LogP contribution >= 0.6 is 0 Å². The van der Waals surface area contributed by atoms with Gasteiger partial charge in [-0.25, -0.2) is 0 Å². The molecule has 1 aliphatic rings. The van der Waals surface area contributed by atoms with Crippen molar-refractivity contribution < 1.29 is 9.53 Å². The average Bonchev–Trinajstić information content (AvgIpc) is 2.49. The van der Waals surface area contributed by atoms with E-state index in [4.69, 9.17) is 4.74 Å². The van der Waals surface area contributed by atoms with Gasteiger partial charge in [0, 0.05) is 12.5 Å². The standard InChI is InChI=1S/C17H25NO2/c1-3-16(19)15-9-4-5-10-17(15)20-13-11-14-8-6-7-12-18(14)2/h4-5,9-10,14H,3,6-8,11-13H2,1-2H3. The maximum absolute atomic E-state index is 11.9. The van der Waals surface area contributed by atoms with Gasteiger partial charge in [0.2, 0.25) is 0 Å². The Kier molecular flexibility index (Phi) is 5.60. The van der Waals surface area contributed by atoms with E-state index in [9.17, 15) is 4.79 Å². The van der Waals surface area contributed by atoms with Crippen molar-refractivity contribution in [2.24, 2.45) is 0 Å². The van der Waals surface area contributed by atoms with E-state index >= 15 is 0 Å². The fourth-order valence-electron chi connectivity index (χ4n) is 2.83. The van der Waals surface area contributed by atoms with E-state index in [1.165, 1.54) is 25.8 Å². The molecule has 0 aliphatic carbocycles. The summed E-state index contributed by atoms with van der Waals surface area (Å²) >= 11 is 0. The molecule has 0 amide bonds. The molecule has 2 rings (SSSR count). The van der Waals surface area contributed by atoms with Crippen LogP contribution in [0.4, 0.5) is 0 Å². The number of para-hydroxylation sites is 1. The van der Waals surface area contributed by atoms with Crippen LogP contribution in [-0.4, -0.2) is 36.9 Å². The highest BCUT2D eigenvalue weighted by Gasteiger charge is 2.19. The number of ketones is 1. The van der Waals surface area contributed by atoms with E-state index < -0.39 is 0 Å². The second-order valence-electron chi connectivity index (χ2n) is 5.54. The fraction of sp³-hybridized carbons (Fsp3) is 0.588. The van der Waals surface area contributed by atoms with Gasteiger partial charge in [-0.05, 0) is 45.0 Å². The Labute approximate surface area is 121 Å². The first-order chi connectivity index (χ1) is 9.72. The molecule has 0 saturated carbocycles. The van der Waals surface area contributed by atoms with Gasteiger partial charge in [0.05, 0.1) is 12.2 Å². The maximum atomic E-state index is 11.9. The molecular formula is C17H25NO2. The van der Waals surface area contributed by atoms with Crippen LogP contribution in [0.1, 0.15) is 49.4 Å². The number of benzene rings is 1. The number of piperidine rings is 1. The Morgan fingerprint density at radius 3 is 2.90 bits per heavy atom. The Morgan fingerprint density at radius 2 is 2.15 bits per heavy atom. The van der Waals surface area contributed by atoms with Gasteiger partial charge >= 0.3 is 0 Å². The lowest BCUT2D eigenvalue weighted by molar-refractivity contribution is 0.0982. The molecule has 1 aliphatic heterocycles. The van der Waals surface area contributed by atoms with Gasteiger partial charge in [0.25, 0.3) is 0 Å². The molecule has 1 atom stereocenters. The zero-order valence-corrected chi connectivity index (χ0v) is 12.6. The molecule has 0 aromatic heterocycles. The molecule has 0 bridgehead atoms. The van der Waals surface area contributed by atoms with Crippen LogP contribution in [0, 0.1) is 0 Å². The van der Waals surface area contributed by atoms with Crippen LogP contribution in [0.3, 0.4) is 0 Å². The van der Waals surface area contributed by atoms with Gasteiger partial charge in [-0.1, -0.05) is 25.5 Å². The molecule has 1 aromatic carbocycles. The van der Waals surface area contributed by atoms with Gasteiger partial charge in [-0.15, -0.1) is 0 Å². The number of hydrogen-bond donors (Lipinski definition) is 0. The van der Waals surface area contributed by atoms with Crippen molar-refractivity contribution in [2.45, 2.75) is 45.1 Å². The average molecular weight is 275 g/mol. The van der Waals surface area contributed by atoms with E-state index in [1.807, 2.05) is 31.2 Å². The van der Waals surface area contributed by atoms with Crippen molar-refractivity contribution in [3.05, 3.63) is 29.8 Å². The SMILES string of the molecule is CCC(=O)c1ccccc1OCCC1CCCCN1C. The van der Waals surface area contributed by atoms with Crippen LogP contribution in [0.15, 0.2) is 24.3 Å². The topological polar surface area (TPSA) is 29.5 Å². The number of carbonyl (C=O) groups excluding carboxylic acids is 1. The highest BCUT2D eigenvalue weighted by Crippen LogP contribution is 2.22. The number of rotatable bonds is 6. The zero-order chi connectivity index (χ0) is 14.4. The van der Waals surface area contributed by atoms with Crippen LogP contribution in [-0.2, 0) is 0 Å². The van der Waals surface area contributed by atoms with Crippen molar-refractivity contribution in [3.8, 4) is 5.75 Å². The highest BCUT2D eigenvalue weighted by molar-refractivity contribution is 5.98. The lowest BCUT2D eigenvalue weighted by atomic mass is 10.0. The number of nitrogens with zero attached hydrogens (tertiary/aromatic N) is 1. The van der Waals surface area contributed by atoms with E-state index in [1.54, 1.807) is 0 Å². The van der Waals surface area contributed by atoms with E-state index in [2.05, 4.69) is 11.9 Å². The number of likely N-dealkylation sites (tertiary alicyclic amines) is 1. The van der Waals surface area contributed by atoms with Crippen molar-refractivity contribution in [3.63, 3.8) is 0 Å². The van der Waals surface area contributed by atoms with Crippen molar-refractivity contribution in [1.29, 1.82) is 0 Å². The Hall–Kier alpha value is -1.35. The first-order valence-corrected chi connectivity index (χ1v) is 7.67. The van der Waals surface area contributed by atoms with Crippen molar-refractivity contribution in [2.75, 3.05) is 20.2 Å². The van der Waals surface area contributed by atoms with E-state index in [-0.39, 0.29) is 5.78 Å². The van der Waals surface area contributed by atoms with Gasteiger partial charge < -0.3 is 9.64 Å². The highest BCUT2D eigenvalue weighted by atomic mass is 16.5. The van der Waals surface area contributed by atoms with Gasteiger partial charge in [-0.3, -0.25) is 4.79 Å². The summed E-state index contributed by atoms with van der Waals surface area (Å²) < 4.78 is 5.86. The van der Waals surface area contributed by atoms with Crippen LogP contribution < -0.4 is 4.74 Å². The first kappa shape index (κ1) is 15.0. The molecule has 0 N–H and O–H groups in total. The Bertz CT molecular complexity index is 444. The first-order valence-electron chi connectivity index (χ1n) is 7.67. The fourth-order valence-corrected chi connectivity index (χ4v) is 2.83. The normalized spacial score (nSPS) is 19.8. The molecule has 3 nitrogen and oxygen atoms in total. The summed E-state index contributed by atoms with van der Waals surface area (Å²) in [5, 5.41) is 0. The van der Waals surface area contributed by atoms with Gasteiger partial charge in [-0.2, -0.15) is 0 Å². The van der Waals surface area contributed by atoms with Crippen molar-refractivity contribution in [1.82, 2.24) is 4.90 Å². The van der Waals surface area contributed by atoms with Gasteiger partial charge in [0.15, 0.2) is 5.78 Å². The summed E-state index contributed by atoms with van der Waals surface area (Å²) in [4.78, 5) is 14.3. The summed E-state index contributed by atoms with van der Waals surface area (Å²) in [7, 11) is 2.19. The molecule has 1 unspecified atom stereocenters. The third-order valence-electron chi connectivity index (χ3n) is 4.14. The van der Waals surface area contributed by atoms with Crippen LogP contribution in [0.2, 0.25) is 0 Å². The monoisotopic (exact) mass is 275 g/mol. The molecule has 1 aromatic rings. The Morgan fingerprint density at radius 1 is 1.35 bits per heavy atom. The number of carbonyl (C=O) groups is 1. The predicted molar refractivity (Wildman–Crippen MR) is 81.4 cm³/mol. The number of ether oxygens (including phenoxy) is 1. The van der Waals surface area contributed by atoms with Gasteiger partial charge in [0.1, 0.15) is 5.75 Å². The largest absolute Gasteiger partial charge is 0.493 e. The van der Waals surface area contributed by atoms with Crippen molar-refractivity contribution >= 4 is 5.78 Å². The Balaban J connectivity index is 1.89. The van der Waals surface area contributed by atoms with Crippen LogP contribution in [0.5, 0.6) is 5.75 Å². The summed E-state index contributed by atoms with van der Waals surface area (Å²) in [5.74, 6) is 0.883.